The number of aromatic nitrogens is 3. The summed E-state index contributed by atoms with van der Waals surface area (Å²) in [5.41, 5.74) is 8.16. The molecule has 0 bridgehead atoms. The van der Waals surface area contributed by atoms with Gasteiger partial charge in [0.1, 0.15) is 5.82 Å². The van der Waals surface area contributed by atoms with Gasteiger partial charge in [0.05, 0.1) is 5.52 Å². The molecule has 4 heteroatoms. The molecule has 0 spiro atoms. The van der Waals surface area contributed by atoms with E-state index in [1.54, 1.807) is 6.20 Å². The Hall–Kier alpha value is -1.42. The van der Waals surface area contributed by atoms with E-state index in [1.807, 2.05) is 6.07 Å². The van der Waals surface area contributed by atoms with Gasteiger partial charge in [-0.25, -0.2) is 9.97 Å². The molecule has 1 fully saturated rings. The van der Waals surface area contributed by atoms with E-state index in [4.69, 9.17) is 5.73 Å². The highest BCUT2D eigenvalue weighted by Gasteiger charge is 2.27. The van der Waals surface area contributed by atoms with Crippen LogP contribution in [0, 0.1) is 0 Å². The van der Waals surface area contributed by atoms with Crippen molar-refractivity contribution in [1.82, 2.24) is 14.5 Å². The van der Waals surface area contributed by atoms with Crippen molar-refractivity contribution >= 4 is 11.2 Å². The molecule has 2 heterocycles. The Bertz CT molecular complexity index is 531. The first-order valence-corrected chi connectivity index (χ1v) is 6.30. The second-order valence-corrected chi connectivity index (χ2v) is 4.93. The number of imidazole rings is 1. The molecule has 1 aliphatic rings. The predicted octanol–water partition coefficient (Wildman–Crippen LogP) is 1.95. The third-order valence-corrected chi connectivity index (χ3v) is 3.84. The van der Waals surface area contributed by atoms with Gasteiger partial charge in [-0.2, -0.15) is 0 Å². The van der Waals surface area contributed by atoms with Crippen LogP contribution in [0.25, 0.3) is 11.2 Å². The molecule has 0 saturated heterocycles. The highest BCUT2D eigenvalue weighted by Crippen LogP contribution is 2.32. The summed E-state index contributed by atoms with van der Waals surface area (Å²) in [7, 11) is 2.06. The molecular weight excluding hydrogens is 212 g/mol. The summed E-state index contributed by atoms with van der Waals surface area (Å²) in [6, 6.07) is 4.26. The third-order valence-electron chi connectivity index (χ3n) is 3.84. The summed E-state index contributed by atoms with van der Waals surface area (Å²) in [4.78, 5) is 8.97. The summed E-state index contributed by atoms with van der Waals surface area (Å²) in [6.45, 7) is 0. The molecule has 4 nitrogen and oxygen atoms in total. The van der Waals surface area contributed by atoms with Crippen LogP contribution < -0.4 is 5.73 Å². The fourth-order valence-corrected chi connectivity index (χ4v) is 2.86. The Balaban J connectivity index is 2.07. The van der Waals surface area contributed by atoms with Crippen LogP contribution in [0.3, 0.4) is 0 Å². The van der Waals surface area contributed by atoms with Crippen molar-refractivity contribution in [3.05, 3.63) is 24.2 Å². The molecule has 2 unspecified atom stereocenters. The van der Waals surface area contributed by atoms with Crippen molar-refractivity contribution in [2.75, 3.05) is 0 Å². The quantitative estimate of drug-likeness (QED) is 0.814. The molecule has 0 amide bonds. The fraction of sp³-hybridized carbons (Fsp3) is 0.538. The first-order valence-electron chi connectivity index (χ1n) is 6.30. The lowest BCUT2D eigenvalue weighted by molar-refractivity contribution is 0.368. The van der Waals surface area contributed by atoms with Crippen LogP contribution in [0.1, 0.15) is 37.4 Å². The first-order chi connectivity index (χ1) is 8.27. The van der Waals surface area contributed by atoms with Crippen molar-refractivity contribution in [3.8, 4) is 0 Å². The number of nitrogens with two attached hydrogens (primary N) is 1. The molecule has 0 aromatic carbocycles. The van der Waals surface area contributed by atoms with Crippen molar-refractivity contribution in [3.63, 3.8) is 0 Å². The molecule has 2 N–H and O–H groups in total. The van der Waals surface area contributed by atoms with Gasteiger partial charge in [0.25, 0.3) is 0 Å². The average molecular weight is 230 g/mol. The minimum atomic E-state index is 0.249. The number of fused-ring (bicyclic) bond motifs is 1. The zero-order chi connectivity index (χ0) is 11.8. The number of aryl methyl sites for hydroxylation is 1. The molecule has 1 saturated carbocycles. The van der Waals surface area contributed by atoms with Gasteiger partial charge in [0, 0.05) is 25.2 Å². The molecular formula is C13H18N4. The monoisotopic (exact) mass is 230 g/mol. The van der Waals surface area contributed by atoms with Gasteiger partial charge in [0.15, 0.2) is 5.65 Å². The van der Waals surface area contributed by atoms with Crippen molar-refractivity contribution in [2.45, 2.75) is 37.6 Å². The van der Waals surface area contributed by atoms with Gasteiger partial charge in [-0.15, -0.1) is 0 Å². The van der Waals surface area contributed by atoms with Crippen molar-refractivity contribution in [1.29, 1.82) is 0 Å². The lowest BCUT2D eigenvalue weighted by Crippen LogP contribution is -2.32. The standard InChI is InChI=1S/C13H18N4/c1-17-11-7-4-8-15-12(11)16-13(17)9-5-2-3-6-10(9)14/h4,7-10H,2-3,5-6,14H2,1H3. The second kappa shape index (κ2) is 4.11. The average Bonchev–Trinajstić information content (AvgIpc) is 2.68. The Morgan fingerprint density at radius 1 is 1.35 bits per heavy atom. The fourth-order valence-electron chi connectivity index (χ4n) is 2.86. The summed E-state index contributed by atoms with van der Waals surface area (Å²) >= 11 is 0. The SMILES string of the molecule is Cn1c(C2CCCCC2N)nc2ncccc21. The van der Waals surface area contributed by atoms with Gasteiger partial charge in [-0.1, -0.05) is 12.8 Å². The highest BCUT2D eigenvalue weighted by atomic mass is 15.1. The van der Waals surface area contributed by atoms with Crippen LogP contribution >= 0.6 is 0 Å². The number of nitrogens with zero attached hydrogens (tertiary/aromatic N) is 3. The third kappa shape index (κ3) is 1.72. The molecule has 2 aromatic rings. The second-order valence-electron chi connectivity index (χ2n) is 4.93. The Morgan fingerprint density at radius 2 is 2.18 bits per heavy atom. The largest absolute Gasteiger partial charge is 0.329 e. The van der Waals surface area contributed by atoms with Crippen LogP contribution in [0.4, 0.5) is 0 Å². The van der Waals surface area contributed by atoms with Crippen molar-refractivity contribution in [2.24, 2.45) is 12.8 Å². The molecule has 2 atom stereocenters. The molecule has 2 aromatic heterocycles. The maximum absolute atomic E-state index is 6.23. The normalized spacial score (nSPS) is 25.3. The van der Waals surface area contributed by atoms with E-state index in [1.165, 1.54) is 12.8 Å². The van der Waals surface area contributed by atoms with E-state index in [2.05, 4.69) is 27.6 Å². The molecule has 0 radical (unpaired) electrons. The van der Waals surface area contributed by atoms with E-state index in [-0.39, 0.29) is 6.04 Å². The molecule has 0 aliphatic heterocycles. The number of pyridine rings is 1. The molecule has 17 heavy (non-hydrogen) atoms. The molecule has 1 aliphatic carbocycles. The zero-order valence-electron chi connectivity index (χ0n) is 10.1. The maximum Gasteiger partial charge on any atom is 0.177 e. The minimum Gasteiger partial charge on any atom is -0.329 e. The van der Waals surface area contributed by atoms with E-state index in [0.29, 0.717) is 5.92 Å². The minimum absolute atomic E-state index is 0.249. The van der Waals surface area contributed by atoms with Crippen LogP contribution in [-0.2, 0) is 7.05 Å². The van der Waals surface area contributed by atoms with E-state index >= 15 is 0 Å². The van der Waals surface area contributed by atoms with Crippen LogP contribution in [0.5, 0.6) is 0 Å². The summed E-state index contributed by atoms with van der Waals surface area (Å²) < 4.78 is 2.15. The van der Waals surface area contributed by atoms with Crippen LogP contribution in [0.15, 0.2) is 18.3 Å². The Morgan fingerprint density at radius 3 is 2.94 bits per heavy atom. The van der Waals surface area contributed by atoms with Gasteiger partial charge in [-0.05, 0) is 25.0 Å². The van der Waals surface area contributed by atoms with E-state index < -0.39 is 0 Å². The maximum atomic E-state index is 6.23. The lowest BCUT2D eigenvalue weighted by atomic mass is 9.84. The summed E-state index contributed by atoms with van der Waals surface area (Å²) in [5, 5.41) is 0. The van der Waals surface area contributed by atoms with E-state index in [9.17, 15) is 0 Å². The smallest absolute Gasteiger partial charge is 0.177 e. The van der Waals surface area contributed by atoms with Crippen LogP contribution in [-0.4, -0.2) is 20.6 Å². The summed E-state index contributed by atoms with van der Waals surface area (Å²) in [5.74, 6) is 1.49. The number of hydrogen-bond acceptors (Lipinski definition) is 3. The highest BCUT2D eigenvalue weighted by molar-refractivity contribution is 5.71. The Kier molecular flexibility index (Phi) is 2.59. The van der Waals surface area contributed by atoms with Crippen LogP contribution in [0.2, 0.25) is 0 Å². The molecule has 90 valence electrons. The summed E-state index contributed by atoms with van der Waals surface area (Å²) in [6.07, 6.45) is 6.56. The topological polar surface area (TPSA) is 56.7 Å². The van der Waals surface area contributed by atoms with Gasteiger partial charge >= 0.3 is 0 Å². The van der Waals surface area contributed by atoms with Crippen molar-refractivity contribution < 1.29 is 0 Å². The number of hydrogen-bond donors (Lipinski definition) is 1. The van der Waals surface area contributed by atoms with E-state index in [0.717, 1.165) is 29.8 Å². The first kappa shape index (κ1) is 10.7. The van der Waals surface area contributed by atoms with Gasteiger partial charge in [-0.3, -0.25) is 0 Å². The van der Waals surface area contributed by atoms with Gasteiger partial charge < -0.3 is 10.3 Å². The number of rotatable bonds is 1. The lowest BCUT2D eigenvalue weighted by Gasteiger charge is -2.27. The molecule has 3 rings (SSSR count). The van der Waals surface area contributed by atoms with Gasteiger partial charge in [0.2, 0.25) is 0 Å². The predicted molar refractivity (Wildman–Crippen MR) is 67.7 cm³/mol. The Labute approximate surface area is 101 Å². The zero-order valence-corrected chi connectivity index (χ0v) is 10.1.